The van der Waals surface area contributed by atoms with E-state index in [1.165, 1.54) is 0 Å². The summed E-state index contributed by atoms with van der Waals surface area (Å²) in [7, 11) is 0. The molecule has 0 atom stereocenters. The van der Waals surface area contributed by atoms with Crippen molar-refractivity contribution in [3.05, 3.63) is 18.1 Å². The smallest absolute Gasteiger partial charge is 0.303 e. The highest BCUT2D eigenvalue weighted by Crippen LogP contribution is 2.05. The van der Waals surface area contributed by atoms with Crippen molar-refractivity contribution >= 4 is 11.8 Å². The molecule has 17 heavy (non-hydrogen) atoms. The number of aliphatic carboxylic acids is 1. The number of rotatable bonds is 8. The van der Waals surface area contributed by atoms with E-state index in [0.717, 1.165) is 43.7 Å². The molecular formula is C12H19N3O2. The maximum absolute atomic E-state index is 10.3. The number of hydrogen-bond donors (Lipinski definition) is 2. The van der Waals surface area contributed by atoms with Crippen LogP contribution in [0.25, 0.3) is 0 Å². The van der Waals surface area contributed by atoms with Gasteiger partial charge < -0.3 is 10.4 Å². The molecule has 0 aromatic carbocycles. The quantitative estimate of drug-likeness (QED) is 0.678. The van der Waals surface area contributed by atoms with E-state index in [1.54, 1.807) is 6.33 Å². The van der Waals surface area contributed by atoms with Gasteiger partial charge in [0, 0.05) is 24.7 Å². The number of carboxylic acid groups (broad SMARTS) is 1. The number of hydrogen-bond acceptors (Lipinski definition) is 4. The molecule has 0 aliphatic carbocycles. The van der Waals surface area contributed by atoms with Crippen molar-refractivity contribution in [1.82, 2.24) is 9.97 Å². The molecule has 1 aromatic rings. The van der Waals surface area contributed by atoms with Crippen molar-refractivity contribution < 1.29 is 9.90 Å². The summed E-state index contributed by atoms with van der Waals surface area (Å²) in [5.74, 6) is 0.141. The van der Waals surface area contributed by atoms with Crippen LogP contribution in [-0.2, 0) is 4.79 Å². The molecule has 1 heterocycles. The SMILES string of the molecule is Cc1cc(NCCCCCCC(=O)O)ncn1. The minimum atomic E-state index is -0.709. The van der Waals surface area contributed by atoms with Crippen LogP contribution in [-0.4, -0.2) is 27.6 Å². The van der Waals surface area contributed by atoms with Crippen molar-refractivity contribution in [2.75, 3.05) is 11.9 Å². The molecule has 0 unspecified atom stereocenters. The lowest BCUT2D eigenvalue weighted by Gasteiger charge is -2.05. The molecule has 0 saturated carbocycles. The Hall–Kier alpha value is -1.65. The maximum Gasteiger partial charge on any atom is 0.303 e. The predicted molar refractivity (Wildman–Crippen MR) is 66.0 cm³/mol. The highest BCUT2D eigenvalue weighted by atomic mass is 16.4. The molecule has 2 N–H and O–H groups in total. The molecule has 0 bridgehead atoms. The van der Waals surface area contributed by atoms with Crippen LogP contribution in [0.4, 0.5) is 5.82 Å². The van der Waals surface area contributed by atoms with E-state index in [2.05, 4.69) is 15.3 Å². The van der Waals surface area contributed by atoms with E-state index in [4.69, 9.17) is 5.11 Å². The first-order valence-electron chi connectivity index (χ1n) is 5.93. The monoisotopic (exact) mass is 237 g/mol. The summed E-state index contributed by atoms with van der Waals surface area (Å²) in [5, 5.41) is 11.7. The zero-order valence-corrected chi connectivity index (χ0v) is 10.1. The van der Waals surface area contributed by atoms with Crippen LogP contribution in [0.1, 0.15) is 37.8 Å². The Morgan fingerprint density at radius 3 is 2.76 bits per heavy atom. The number of carbonyl (C=O) groups is 1. The lowest BCUT2D eigenvalue weighted by molar-refractivity contribution is -0.137. The summed E-state index contributed by atoms with van der Waals surface area (Å²) in [6, 6.07) is 1.91. The number of nitrogens with zero attached hydrogens (tertiary/aromatic N) is 2. The van der Waals surface area contributed by atoms with Gasteiger partial charge in [-0.3, -0.25) is 4.79 Å². The minimum Gasteiger partial charge on any atom is -0.481 e. The lowest BCUT2D eigenvalue weighted by atomic mass is 10.1. The van der Waals surface area contributed by atoms with E-state index in [-0.39, 0.29) is 6.42 Å². The average Bonchev–Trinajstić information content (AvgIpc) is 2.27. The van der Waals surface area contributed by atoms with Crippen LogP contribution >= 0.6 is 0 Å². The Bertz CT molecular complexity index is 355. The molecule has 0 saturated heterocycles. The molecule has 5 nitrogen and oxygen atoms in total. The Balaban J connectivity index is 2.03. The van der Waals surface area contributed by atoms with Gasteiger partial charge in [0.05, 0.1) is 0 Å². The number of nitrogens with one attached hydrogen (secondary N) is 1. The van der Waals surface area contributed by atoms with Crippen molar-refractivity contribution in [2.24, 2.45) is 0 Å². The number of unbranched alkanes of at least 4 members (excludes halogenated alkanes) is 3. The molecular weight excluding hydrogens is 218 g/mol. The summed E-state index contributed by atoms with van der Waals surface area (Å²) in [6.07, 6.45) is 5.63. The van der Waals surface area contributed by atoms with Gasteiger partial charge in [-0.05, 0) is 19.8 Å². The number of carboxylic acids is 1. The van der Waals surface area contributed by atoms with E-state index in [9.17, 15) is 4.79 Å². The second-order valence-electron chi connectivity index (χ2n) is 4.03. The van der Waals surface area contributed by atoms with Crippen molar-refractivity contribution in [2.45, 2.75) is 39.0 Å². The fraction of sp³-hybridized carbons (Fsp3) is 0.583. The molecule has 0 aliphatic rings. The minimum absolute atomic E-state index is 0.276. The summed E-state index contributed by atoms with van der Waals surface area (Å²) < 4.78 is 0. The van der Waals surface area contributed by atoms with Crippen molar-refractivity contribution in [3.8, 4) is 0 Å². The highest BCUT2D eigenvalue weighted by molar-refractivity contribution is 5.66. The molecule has 0 aliphatic heterocycles. The van der Waals surface area contributed by atoms with Gasteiger partial charge in [0.25, 0.3) is 0 Å². The van der Waals surface area contributed by atoms with Crippen molar-refractivity contribution in [3.63, 3.8) is 0 Å². The maximum atomic E-state index is 10.3. The summed E-state index contributed by atoms with van der Waals surface area (Å²) in [5.41, 5.74) is 0.948. The molecule has 94 valence electrons. The van der Waals surface area contributed by atoms with Gasteiger partial charge in [-0.15, -0.1) is 0 Å². The molecule has 0 radical (unpaired) electrons. The average molecular weight is 237 g/mol. The van der Waals surface area contributed by atoms with Gasteiger partial charge in [0.2, 0.25) is 0 Å². The number of aryl methyl sites for hydroxylation is 1. The molecule has 0 spiro atoms. The van der Waals surface area contributed by atoms with E-state index < -0.39 is 5.97 Å². The van der Waals surface area contributed by atoms with Gasteiger partial charge in [-0.25, -0.2) is 9.97 Å². The second-order valence-corrected chi connectivity index (χ2v) is 4.03. The van der Waals surface area contributed by atoms with Gasteiger partial charge in [-0.2, -0.15) is 0 Å². The van der Waals surface area contributed by atoms with Crippen LogP contribution in [0.5, 0.6) is 0 Å². The second kappa shape index (κ2) is 7.60. The van der Waals surface area contributed by atoms with E-state index in [0.29, 0.717) is 0 Å². The topological polar surface area (TPSA) is 75.1 Å². The van der Waals surface area contributed by atoms with Gasteiger partial charge in [0.15, 0.2) is 0 Å². The molecule has 0 fully saturated rings. The Morgan fingerprint density at radius 1 is 1.29 bits per heavy atom. The Kier molecular flexibility index (Phi) is 5.99. The summed E-state index contributed by atoms with van der Waals surface area (Å²) >= 11 is 0. The summed E-state index contributed by atoms with van der Waals surface area (Å²) in [6.45, 7) is 2.79. The van der Waals surface area contributed by atoms with Crippen LogP contribution in [0.15, 0.2) is 12.4 Å². The Labute approximate surface area is 101 Å². The van der Waals surface area contributed by atoms with E-state index in [1.807, 2.05) is 13.0 Å². The standard InChI is InChI=1S/C12H19N3O2/c1-10-8-11(15-9-14-10)13-7-5-3-2-4-6-12(16)17/h8-9H,2-7H2,1H3,(H,16,17)(H,13,14,15). The Morgan fingerprint density at radius 2 is 2.06 bits per heavy atom. The first-order chi connectivity index (χ1) is 8.18. The fourth-order valence-electron chi connectivity index (χ4n) is 1.52. The first-order valence-corrected chi connectivity index (χ1v) is 5.93. The molecule has 1 aromatic heterocycles. The van der Waals surface area contributed by atoms with Crippen LogP contribution in [0, 0.1) is 6.92 Å². The van der Waals surface area contributed by atoms with E-state index >= 15 is 0 Å². The third kappa shape index (κ3) is 6.50. The zero-order chi connectivity index (χ0) is 12.5. The van der Waals surface area contributed by atoms with Crippen LogP contribution < -0.4 is 5.32 Å². The summed E-state index contributed by atoms with van der Waals surface area (Å²) in [4.78, 5) is 18.4. The van der Waals surface area contributed by atoms with Gasteiger partial charge >= 0.3 is 5.97 Å². The highest BCUT2D eigenvalue weighted by Gasteiger charge is 1.97. The van der Waals surface area contributed by atoms with Crippen LogP contribution in [0.3, 0.4) is 0 Å². The van der Waals surface area contributed by atoms with Crippen molar-refractivity contribution in [1.29, 1.82) is 0 Å². The number of aromatic nitrogens is 2. The molecule has 1 rings (SSSR count). The van der Waals surface area contributed by atoms with Gasteiger partial charge in [-0.1, -0.05) is 12.8 Å². The normalized spacial score (nSPS) is 10.2. The van der Waals surface area contributed by atoms with Gasteiger partial charge in [0.1, 0.15) is 12.1 Å². The third-order valence-electron chi connectivity index (χ3n) is 2.43. The fourth-order valence-corrected chi connectivity index (χ4v) is 1.52. The first kappa shape index (κ1) is 13.4. The molecule has 5 heteroatoms. The molecule has 0 amide bonds. The van der Waals surface area contributed by atoms with Crippen LogP contribution in [0.2, 0.25) is 0 Å². The zero-order valence-electron chi connectivity index (χ0n) is 10.1. The third-order valence-corrected chi connectivity index (χ3v) is 2.43. The largest absolute Gasteiger partial charge is 0.481 e. The predicted octanol–water partition coefficient (Wildman–Crippen LogP) is 2.23. The number of anilines is 1. The lowest BCUT2D eigenvalue weighted by Crippen LogP contribution is -2.04.